The van der Waals surface area contributed by atoms with Crippen molar-refractivity contribution < 1.29 is 0 Å². The summed E-state index contributed by atoms with van der Waals surface area (Å²) in [5.41, 5.74) is 9.78. The number of halogens is 1. The van der Waals surface area contributed by atoms with Crippen LogP contribution in [0.2, 0.25) is 0 Å². The monoisotopic (exact) mass is 559 g/mol. The largest absolute Gasteiger partial charge is 0.265 e. The third-order valence-electron chi connectivity index (χ3n) is 6.47. The minimum Gasteiger partial charge on any atom is -0.265 e. The smallest absolute Gasteiger partial charge is 0.0273 e. The van der Waals surface area contributed by atoms with E-state index in [9.17, 15) is 0 Å². The summed E-state index contributed by atoms with van der Waals surface area (Å²) < 4.78 is 1.25. The Morgan fingerprint density at radius 3 is 1.14 bits per heavy atom. The summed E-state index contributed by atoms with van der Waals surface area (Å²) in [5, 5.41) is 2.50. The zero-order valence-corrected chi connectivity index (χ0v) is 21.2. The molecule has 0 spiro atoms. The maximum Gasteiger partial charge on any atom is 0.0273 e. The predicted molar refractivity (Wildman–Crippen MR) is 156 cm³/mol. The van der Waals surface area contributed by atoms with Crippen LogP contribution in [0, 0.1) is 3.57 Å². The van der Waals surface area contributed by atoms with Crippen LogP contribution in [0.25, 0.3) is 55.3 Å². The molecular formula is C33H22IN. The fourth-order valence-corrected chi connectivity index (χ4v) is 4.86. The molecule has 5 aromatic carbocycles. The van der Waals surface area contributed by atoms with E-state index >= 15 is 0 Å². The van der Waals surface area contributed by atoms with Crippen LogP contribution in [0.15, 0.2) is 134 Å². The van der Waals surface area contributed by atoms with Crippen LogP contribution in [-0.4, -0.2) is 4.98 Å². The number of aromatic nitrogens is 1. The Balaban J connectivity index is 1.30. The molecule has 6 rings (SSSR count). The van der Waals surface area contributed by atoms with Gasteiger partial charge in [-0.1, -0.05) is 84.9 Å². The lowest BCUT2D eigenvalue weighted by Crippen LogP contribution is -1.84. The van der Waals surface area contributed by atoms with Gasteiger partial charge in [-0.05, 0) is 114 Å². The van der Waals surface area contributed by atoms with E-state index in [2.05, 4.69) is 137 Å². The first-order valence-corrected chi connectivity index (χ1v) is 12.7. The van der Waals surface area contributed by atoms with Crippen LogP contribution in [0.3, 0.4) is 0 Å². The normalized spacial score (nSPS) is 11.0. The first kappa shape index (κ1) is 21.8. The molecule has 35 heavy (non-hydrogen) atoms. The van der Waals surface area contributed by atoms with Crippen molar-refractivity contribution in [2.75, 3.05) is 0 Å². The first-order valence-electron chi connectivity index (χ1n) is 11.6. The highest BCUT2D eigenvalue weighted by molar-refractivity contribution is 14.1. The molecule has 0 unspecified atom stereocenters. The molecule has 2 heteroatoms. The van der Waals surface area contributed by atoms with Gasteiger partial charge in [0.15, 0.2) is 0 Å². The van der Waals surface area contributed by atoms with Gasteiger partial charge in [0.1, 0.15) is 0 Å². The van der Waals surface area contributed by atoms with E-state index < -0.39 is 0 Å². The Morgan fingerprint density at radius 2 is 0.686 bits per heavy atom. The van der Waals surface area contributed by atoms with E-state index in [0.717, 1.165) is 0 Å². The molecule has 0 aliphatic carbocycles. The molecule has 1 nitrogen and oxygen atoms in total. The predicted octanol–water partition coefficient (Wildman–Crippen LogP) is 9.51. The Bertz CT molecular complexity index is 1600. The topological polar surface area (TPSA) is 12.9 Å². The van der Waals surface area contributed by atoms with E-state index in [-0.39, 0.29) is 0 Å². The van der Waals surface area contributed by atoms with Gasteiger partial charge in [0.25, 0.3) is 0 Å². The number of hydrogen-bond acceptors (Lipinski definition) is 1. The van der Waals surface area contributed by atoms with Gasteiger partial charge in [-0.2, -0.15) is 0 Å². The third kappa shape index (κ3) is 4.62. The average molecular weight is 559 g/mol. The third-order valence-corrected chi connectivity index (χ3v) is 7.19. The fraction of sp³-hybridized carbons (Fsp3) is 0. The second-order valence-electron chi connectivity index (χ2n) is 8.67. The van der Waals surface area contributed by atoms with E-state index in [4.69, 9.17) is 0 Å². The first-order chi connectivity index (χ1) is 17.2. The minimum atomic E-state index is 1.18. The van der Waals surface area contributed by atoms with Crippen molar-refractivity contribution in [1.82, 2.24) is 4.98 Å². The van der Waals surface area contributed by atoms with Gasteiger partial charge in [0.05, 0.1) is 0 Å². The summed E-state index contributed by atoms with van der Waals surface area (Å²) in [6, 6.07) is 43.8. The lowest BCUT2D eigenvalue weighted by Gasteiger charge is -2.09. The Labute approximate surface area is 219 Å². The van der Waals surface area contributed by atoms with Crippen LogP contribution in [0.5, 0.6) is 0 Å². The fourth-order valence-electron chi connectivity index (χ4n) is 4.50. The van der Waals surface area contributed by atoms with Crippen LogP contribution in [-0.2, 0) is 0 Å². The number of hydrogen-bond donors (Lipinski definition) is 0. The van der Waals surface area contributed by atoms with Gasteiger partial charge in [-0.25, -0.2) is 0 Å². The van der Waals surface area contributed by atoms with Crippen molar-refractivity contribution >= 4 is 33.4 Å². The lowest BCUT2D eigenvalue weighted by molar-refractivity contribution is 1.33. The van der Waals surface area contributed by atoms with Gasteiger partial charge >= 0.3 is 0 Å². The number of nitrogens with zero attached hydrogens (tertiary/aromatic N) is 1. The van der Waals surface area contributed by atoms with E-state index in [0.29, 0.717) is 0 Å². The van der Waals surface area contributed by atoms with Gasteiger partial charge in [-0.15, -0.1) is 0 Å². The van der Waals surface area contributed by atoms with Crippen molar-refractivity contribution in [1.29, 1.82) is 0 Å². The summed E-state index contributed by atoms with van der Waals surface area (Å²) in [4.78, 5) is 4.11. The van der Waals surface area contributed by atoms with Crippen LogP contribution < -0.4 is 0 Å². The molecule has 0 radical (unpaired) electrons. The quantitative estimate of drug-likeness (QED) is 0.196. The lowest BCUT2D eigenvalue weighted by atomic mass is 9.96. The summed E-state index contributed by atoms with van der Waals surface area (Å²) in [7, 11) is 0. The molecule has 1 aromatic heterocycles. The molecule has 0 amide bonds. The van der Waals surface area contributed by atoms with Crippen LogP contribution in [0.4, 0.5) is 0 Å². The van der Waals surface area contributed by atoms with Gasteiger partial charge in [0, 0.05) is 16.0 Å². The highest BCUT2D eigenvalue weighted by atomic mass is 127. The minimum absolute atomic E-state index is 1.18. The summed E-state index contributed by atoms with van der Waals surface area (Å²) >= 11 is 2.34. The van der Waals surface area contributed by atoms with Crippen LogP contribution >= 0.6 is 22.6 Å². The van der Waals surface area contributed by atoms with Gasteiger partial charge in [0.2, 0.25) is 0 Å². The molecule has 0 fully saturated rings. The standard InChI is InChI=1S/C33H22IN/c34-33-15-13-25(14-16-33)23-1-5-26(6-2-23)30-11-9-28-10-12-31(22-32(28)21-30)27-7-3-24(4-8-27)29-17-19-35-20-18-29/h1-22H. The Kier molecular flexibility index (Phi) is 5.89. The maximum atomic E-state index is 4.11. The van der Waals surface area contributed by atoms with Gasteiger partial charge in [-0.3, -0.25) is 4.98 Å². The van der Waals surface area contributed by atoms with Gasteiger partial charge < -0.3 is 0 Å². The maximum absolute atomic E-state index is 4.11. The van der Waals surface area contributed by atoms with Crippen molar-refractivity contribution in [3.8, 4) is 44.5 Å². The molecule has 6 aromatic rings. The average Bonchev–Trinajstić information content (AvgIpc) is 2.93. The zero-order valence-electron chi connectivity index (χ0n) is 19.0. The second kappa shape index (κ2) is 9.47. The molecule has 0 bridgehead atoms. The summed E-state index contributed by atoms with van der Waals surface area (Å²) in [5.74, 6) is 0. The second-order valence-corrected chi connectivity index (χ2v) is 9.92. The molecular weight excluding hydrogens is 537 g/mol. The van der Waals surface area contributed by atoms with E-state index in [1.165, 1.54) is 58.9 Å². The molecule has 0 N–H and O–H groups in total. The molecule has 0 aliphatic rings. The zero-order chi connectivity index (χ0) is 23.6. The highest BCUT2D eigenvalue weighted by Gasteiger charge is 2.05. The van der Waals surface area contributed by atoms with Crippen molar-refractivity contribution in [2.45, 2.75) is 0 Å². The molecule has 0 saturated heterocycles. The summed E-state index contributed by atoms with van der Waals surface area (Å²) in [6.07, 6.45) is 3.67. The van der Waals surface area contributed by atoms with E-state index in [1.54, 1.807) is 0 Å². The number of rotatable bonds is 4. The number of benzene rings is 5. The van der Waals surface area contributed by atoms with Crippen molar-refractivity contribution in [2.24, 2.45) is 0 Å². The number of fused-ring (bicyclic) bond motifs is 1. The molecule has 166 valence electrons. The molecule has 0 aliphatic heterocycles. The Hall–Kier alpha value is -3.76. The highest BCUT2D eigenvalue weighted by Crippen LogP contribution is 2.31. The van der Waals surface area contributed by atoms with E-state index in [1.807, 2.05) is 24.5 Å². The van der Waals surface area contributed by atoms with Crippen molar-refractivity contribution in [3.05, 3.63) is 137 Å². The molecule has 0 atom stereocenters. The van der Waals surface area contributed by atoms with Crippen molar-refractivity contribution in [3.63, 3.8) is 0 Å². The molecule has 1 heterocycles. The molecule has 0 saturated carbocycles. The summed E-state index contributed by atoms with van der Waals surface area (Å²) in [6.45, 7) is 0. The number of pyridine rings is 1. The SMILES string of the molecule is Ic1ccc(-c2ccc(-c3ccc4ccc(-c5ccc(-c6ccncc6)cc5)cc4c3)cc2)cc1. The Morgan fingerprint density at radius 1 is 0.343 bits per heavy atom. The van der Waals surface area contributed by atoms with Crippen LogP contribution in [0.1, 0.15) is 0 Å².